The van der Waals surface area contributed by atoms with Crippen molar-refractivity contribution in [1.29, 1.82) is 0 Å². The Hall–Kier alpha value is -3.48. The Kier molecular flexibility index (Phi) is 5.07. The van der Waals surface area contributed by atoms with Crippen LogP contribution in [0.1, 0.15) is 16.8 Å². The number of aromatic nitrogens is 2. The maximum atomic E-state index is 12.8. The van der Waals surface area contributed by atoms with Crippen molar-refractivity contribution in [2.45, 2.75) is 6.42 Å². The fourth-order valence-corrected chi connectivity index (χ4v) is 2.61. The van der Waals surface area contributed by atoms with E-state index in [9.17, 15) is 14.4 Å². The van der Waals surface area contributed by atoms with Crippen molar-refractivity contribution in [2.75, 3.05) is 13.7 Å². The summed E-state index contributed by atoms with van der Waals surface area (Å²) in [5, 5.41) is 3.64. The second-order valence-corrected chi connectivity index (χ2v) is 5.53. The Balaban J connectivity index is 2.04. The summed E-state index contributed by atoms with van der Waals surface area (Å²) in [4.78, 5) is 40.8. The Morgan fingerprint density at radius 3 is 2.54 bits per heavy atom. The molecule has 0 atom stereocenters. The lowest BCUT2D eigenvalue weighted by atomic mass is 10.1. The van der Waals surface area contributed by atoms with Gasteiger partial charge in [0.2, 0.25) is 0 Å². The molecule has 0 fully saturated rings. The van der Waals surface area contributed by atoms with Crippen LogP contribution in [0.25, 0.3) is 16.6 Å². The number of amides is 1. The second kappa shape index (κ2) is 7.60. The molecule has 1 amide bonds. The smallest absolute Gasteiger partial charge is 0.307 e. The van der Waals surface area contributed by atoms with Gasteiger partial charge in [0.15, 0.2) is 0 Å². The average Bonchev–Trinajstić information content (AvgIpc) is 2.69. The van der Waals surface area contributed by atoms with Crippen molar-refractivity contribution >= 4 is 22.6 Å². The van der Waals surface area contributed by atoms with Crippen LogP contribution in [0.5, 0.6) is 0 Å². The molecule has 2 heterocycles. The van der Waals surface area contributed by atoms with Crippen molar-refractivity contribution in [2.24, 2.45) is 0 Å². The molecule has 0 aliphatic carbocycles. The zero-order chi connectivity index (χ0) is 18.5. The summed E-state index contributed by atoms with van der Waals surface area (Å²) in [6.45, 7) is 0.141. The molecular weight excluding hydrogens is 334 g/mol. The van der Waals surface area contributed by atoms with Gasteiger partial charge in [-0.3, -0.25) is 19.0 Å². The first-order valence-electron chi connectivity index (χ1n) is 8.02. The van der Waals surface area contributed by atoms with E-state index in [1.54, 1.807) is 48.7 Å². The summed E-state index contributed by atoms with van der Waals surface area (Å²) in [6, 6.07) is 12.1. The fraction of sp³-hybridized carbons (Fsp3) is 0.158. The molecule has 0 saturated heterocycles. The van der Waals surface area contributed by atoms with Gasteiger partial charge in [0.1, 0.15) is 5.82 Å². The highest BCUT2D eigenvalue weighted by Gasteiger charge is 2.16. The standard InChI is InChI=1S/C19H17N3O4/c1-26-17(23)9-11-21-18(24)15-12-22(16-8-4-5-10-20-16)19(25)14-7-3-2-6-13(14)15/h2-8,10,12H,9,11H2,1H3,(H,21,24). The number of esters is 1. The van der Waals surface area contributed by atoms with Gasteiger partial charge in [-0.05, 0) is 18.2 Å². The SMILES string of the molecule is COC(=O)CCNC(=O)c1cn(-c2ccccn2)c(=O)c2ccccc12. The monoisotopic (exact) mass is 351 g/mol. The normalized spacial score (nSPS) is 10.5. The van der Waals surface area contributed by atoms with Gasteiger partial charge < -0.3 is 10.1 Å². The Labute approximate surface area is 149 Å². The van der Waals surface area contributed by atoms with Crippen LogP contribution in [-0.2, 0) is 9.53 Å². The molecule has 0 aliphatic rings. The first kappa shape index (κ1) is 17.3. The molecule has 26 heavy (non-hydrogen) atoms. The van der Waals surface area contributed by atoms with Gasteiger partial charge in [0, 0.05) is 29.7 Å². The third kappa shape index (κ3) is 3.46. The number of rotatable bonds is 5. The lowest BCUT2D eigenvalue weighted by molar-refractivity contribution is -0.140. The second-order valence-electron chi connectivity index (χ2n) is 5.53. The predicted molar refractivity (Wildman–Crippen MR) is 96.3 cm³/mol. The molecule has 0 spiro atoms. The molecule has 1 N–H and O–H groups in total. The Bertz CT molecular complexity index is 1010. The number of hydrogen-bond donors (Lipinski definition) is 1. The Morgan fingerprint density at radius 2 is 1.85 bits per heavy atom. The summed E-state index contributed by atoms with van der Waals surface area (Å²) in [6.07, 6.45) is 3.12. The highest BCUT2D eigenvalue weighted by atomic mass is 16.5. The highest BCUT2D eigenvalue weighted by molar-refractivity contribution is 6.06. The van der Waals surface area contributed by atoms with E-state index in [1.165, 1.54) is 17.9 Å². The number of carbonyl (C=O) groups excluding carboxylic acids is 2. The van der Waals surface area contributed by atoms with E-state index in [0.717, 1.165) is 0 Å². The predicted octanol–water partition coefficient (Wildman–Crippen LogP) is 1.68. The Morgan fingerprint density at radius 1 is 1.12 bits per heavy atom. The number of nitrogens with zero attached hydrogens (tertiary/aromatic N) is 2. The van der Waals surface area contributed by atoms with Gasteiger partial charge in [-0.1, -0.05) is 24.3 Å². The van der Waals surface area contributed by atoms with Gasteiger partial charge in [0.05, 0.1) is 19.1 Å². The summed E-state index contributed by atoms with van der Waals surface area (Å²) in [7, 11) is 1.29. The minimum absolute atomic E-state index is 0.0695. The fourth-order valence-electron chi connectivity index (χ4n) is 2.61. The van der Waals surface area contributed by atoms with E-state index in [4.69, 9.17) is 0 Å². The van der Waals surface area contributed by atoms with E-state index in [0.29, 0.717) is 22.2 Å². The van der Waals surface area contributed by atoms with Crippen LogP contribution >= 0.6 is 0 Å². The van der Waals surface area contributed by atoms with Crippen molar-refractivity contribution < 1.29 is 14.3 Å². The molecule has 3 aromatic rings. The summed E-state index contributed by atoms with van der Waals surface area (Å²) < 4.78 is 5.90. The number of carbonyl (C=O) groups is 2. The molecule has 3 rings (SSSR count). The van der Waals surface area contributed by atoms with Gasteiger partial charge >= 0.3 is 5.97 Å². The van der Waals surface area contributed by atoms with Crippen LogP contribution < -0.4 is 10.9 Å². The minimum atomic E-state index is -0.409. The number of ether oxygens (including phenoxy) is 1. The summed E-state index contributed by atoms with van der Waals surface area (Å²) >= 11 is 0. The maximum absolute atomic E-state index is 12.8. The van der Waals surface area contributed by atoms with Gasteiger partial charge in [-0.15, -0.1) is 0 Å². The van der Waals surface area contributed by atoms with Gasteiger partial charge in [-0.2, -0.15) is 0 Å². The van der Waals surface area contributed by atoms with E-state index < -0.39 is 5.97 Å². The maximum Gasteiger partial charge on any atom is 0.307 e. The van der Waals surface area contributed by atoms with Crippen molar-refractivity contribution in [3.05, 3.63) is 70.8 Å². The zero-order valence-corrected chi connectivity index (χ0v) is 14.1. The zero-order valence-electron chi connectivity index (χ0n) is 14.1. The molecule has 7 nitrogen and oxygen atoms in total. The number of pyridine rings is 2. The molecule has 0 bridgehead atoms. The molecule has 0 aliphatic heterocycles. The number of methoxy groups -OCH3 is 1. The molecule has 0 radical (unpaired) electrons. The summed E-state index contributed by atoms with van der Waals surface area (Å²) in [5.74, 6) is -0.365. The molecule has 132 valence electrons. The topological polar surface area (TPSA) is 90.3 Å². The van der Waals surface area contributed by atoms with Crippen LogP contribution in [0, 0.1) is 0 Å². The number of fused-ring (bicyclic) bond motifs is 1. The third-order valence-electron chi connectivity index (χ3n) is 3.91. The van der Waals surface area contributed by atoms with Crippen LogP contribution in [-0.4, -0.2) is 35.1 Å². The van der Waals surface area contributed by atoms with Gasteiger partial charge in [-0.25, -0.2) is 4.98 Å². The van der Waals surface area contributed by atoms with Crippen LogP contribution in [0.3, 0.4) is 0 Å². The molecule has 2 aromatic heterocycles. The number of benzene rings is 1. The first-order chi connectivity index (χ1) is 12.6. The van der Waals surface area contributed by atoms with Crippen molar-refractivity contribution in [3.63, 3.8) is 0 Å². The number of nitrogens with one attached hydrogen (secondary N) is 1. The largest absolute Gasteiger partial charge is 0.469 e. The van der Waals surface area contributed by atoms with Crippen LogP contribution in [0.2, 0.25) is 0 Å². The quantitative estimate of drug-likeness (QED) is 0.706. The van der Waals surface area contributed by atoms with E-state index >= 15 is 0 Å². The van der Waals surface area contributed by atoms with Crippen molar-refractivity contribution in [3.8, 4) is 5.82 Å². The summed E-state index contributed by atoms with van der Waals surface area (Å²) in [5.41, 5.74) is 0.0705. The van der Waals surface area contributed by atoms with E-state index in [1.807, 2.05) is 0 Å². The van der Waals surface area contributed by atoms with Gasteiger partial charge in [0.25, 0.3) is 11.5 Å². The van der Waals surface area contributed by atoms with Crippen LogP contribution in [0.4, 0.5) is 0 Å². The van der Waals surface area contributed by atoms with E-state index in [2.05, 4.69) is 15.0 Å². The minimum Gasteiger partial charge on any atom is -0.469 e. The third-order valence-corrected chi connectivity index (χ3v) is 3.91. The molecule has 0 unspecified atom stereocenters. The highest BCUT2D eigenvalue weighted by Crippen LogP contribution is 2.17. The average molecular weight is 351 g/mol. The molecular formula is C19H17N3O4. The molecule has 7 heteroatoms. The lowest BCUT2D eigenvalue weighted by Crippen LogP contribution is -2.29. The van der Waals surface area contributed by atoms with Crippen LogP contribution in [0.15, 0.2) is 59.7 Å². The molecule has 1 aromatic carbocycles. The number of hydrogen-bond acceptors (Lipinski definition) is 5. The van der Waals surface area contributed by atoms with Crippen molar-refractivity contribution in [1.82, 2.24) is 14.9 Å². The molecule has 0 saturated carbocycles. The van der Waals surface area contributed by atoms with E-state index in [-0.39, 0.29) is 24.4 Å². The lowest BCUT2D eigenvalue weighted by Gasteiger charge is -2.12. The first-order valence-corrected chi connectivity index (χ1v) is 8.02.